The number of nitrogens with zero attached hydrogens (tertiary/aromatic N) is 2. The molecule has 0 aliphatic heterocycles. The van der Waals surface area contributed by atoms with Crippen molar-refractivity contribution in [3.05, 3.63) is 94.9 Å². The van der Waals surface area contributed by atoms with Crippen molar-refractivity contribution in [3.8, 4) is 0 Å². The van der Waals surface area contributed by atoms with Crippen molar-refractivity contribution in [2.45, 2.75) is 13.5 Å². The van der Waals surface area contributed by atoms with Gasteiger partial charge in [0, 0.05) is 29.3 Å². The van der Waals surface area contributed by atoms with E-state index in [-0.39, 0.29) is 11.6 Å². The highest BCUT2D eigenvalue weighted by Crippen LogP contribution is 2.27. The van der Waals surface area contributed by atoms with Crippen molar-refractivity contribution in [2.75, 3.05) is 5.32 Å². The topological polar surface area (TPSA) is 46.9 Å². The number of hydrogen-bond acceptors (Lipinski definition) is 2. The Bertz CT molecular complexity index is 1120. The Morgan fingerprint density at radius 1 is 1.11 bits per heavy atom. The van der Waals surface area contributed by atoms with Gasteiger partial charge in [0.25, 0.3) is 5.91 Å². The Hall–Kier alpha value is -3.11. The summed E-state index contributed by atoms with van der Waals surface area (Å²) >= 11 is 5.97. The molecule has 134 valence electrons. The number of hydrogen-bond donors (Lipinski definition) is 1. The Morgan fingerprint density at radius 2 is 1.89 bits per heavy atom. The summed E-state index contributed by atoms with van der Waals surface area (Å²) in [4.78, 5) is 16.7. The summed E-state index contributed by atoms with van der Waals surface area (Å²) in [7, 11) is 0. The Morgan fingerprint density at radius 3 is 2.67 bits per heavy atom. The number of aryl methyl sites for hydroxylation is 1. The molecule has 4 aromatic rings. The monoisotopic (exact) mass is 375 g/mol. The van der Waals surface area contributed by atoms with Crippen LogP contribution in [0.15, 0.2) is 73.1 Å². The molecule has 2 aromatic heterocycles. The fraction of sp³-hybridized carbons (Fsp3) is 0.0909. The zero-order chi connectivity index (χ0) is 18.8. The van der Waals surface area contributed by atoms with E-state index < -0.39 is 0 Å². The molecule has 0 radical (unpaired) electrons. The van der Waals surface area contributed by atoms with E-state index >= 15 is 0 Å². The van der Waals surface area contributed by atoms with Crippen molar-refractivity contribution in [2.24, 2.45) is 0 Å². The van der Waals surface area contributed by atoms with Crippen molar-refractivity contribution >= 4 is 34.1 Å². The number of halogens is 1. The molecule has 4 rings (SSSR count). The quantitative estimate of drug-likeness (QED) is 0.526. The van der Waals surface area contributed by atoms with Gasteiger partial charge in [0.1, 0.15) is 5.69 Å². The molecule has 0 aliphatic carbocycles. The molecule has 2 heterocycles. The third-order valence-electron chi connectivity index (χ3n) is 4.46. The first kappa shape index (κ1) is 17.3. The van der Waals surface area contributed by atoms with Crippen molar-refractivity contribution < 1.29 is 4.79 Å². The highest BCUT2D eigenvalue weighted by molar-refractivity contribution is 6.31. The van der Waals surface area contributed by atoms with E-state index in [9.17, 15) is 4.79 Å². The molecule has 0 saturated carbocycles. The Kier molecular flexibility index (Phi) is 4.65. The zero-order valence-corrected chi connectivity index (χ0v) is 15.6. The second-order valence-electron chi connectivity index (χ2n) is 6.49. The van der Waals surface area contributed by atoms with Gasteiger partial charge in [-0.05, 0) is 30.7 Å². The molecule has 0 fully saturated rings. The normalized spacial score (nSPS) is 10.9. The van der Waals surface area contributed by atoms with Gasteiger partial charge in [0.15, 0.2) is 0 Å². The number of rotatable bonds is 4. The zero-order valence-electron chi connectivity index (χ0n) is 14.8. The van der Waals surface area contributed by atoms with E-state index in [1.165, 1.54) is 17.3 Å². The third-order valence-corrected chi connectivity index (χ3v) is 4.70. The first-order valence-electron chi connectivity index (χ1n) is 8.66. The number of para-hydroxylation sites is 1. The van der Waals surface area contributed by atoms with Gasteiger partial charge in [0.05, 0.1) is 11.2 Å². The largest absolute Gasteiger partial charge is 0.341 e. The lowest BCUT2D eigenvalue weighted by Crippen LogP contribution is -2.13. The summed E-state index contributed by atoms with van der Waals surface area (Å²) in [5, 5.41) is 4.43. The number of carbonyl (C=O) groups excluding carboxylic acids is 1. The number of carbonyl (C=O) groups is 1. The third kappa shape index (κ3) is 3.71. The van der Waals surface area contributed by atoms with E-state index in [0.717, 1.165) is 23.1 Å². The lowest BCUT2D eigenvalue weighted by atomic mass is 10.1. The molecule has 0 atom stereocenters. The summed E-state index contributed by atoms with van der Waals surface area (Å²) in [5.74, 6) is -0.282. The van der Waals surface area contributed by atoms with Gasteiger partial charge in [0.2, 0.25) is 0 Å². The smallest absolute Gasteiger partial charge is 0.274 e. The lowest BCUT2D eigenvalue weighted by Gasteiger charge is -2.06. The van der Waals surface area contributed by atoms with E-state index in [1.807, 2.05) is 24.4 Å². The molecule has 0 saturated heterocycles. The lowest BCUT2D eigenvalue weighted by molar-refractivity contribution is 0.102. The number of aromatic nitrogens is 2. The molecule has 0 bridgehead atoms. The van der Waals surface area contributed by atoms with Crippen LogP contribution < -0.4 is 5.32 Å². The molecule has 2 aromatic carbocycles. The van der Waals surface area contributed by atoms with Crippen LogP contribution in [0.5, 0.6) is 0 Å². The van der Waals surface area contributed by atoms with E-state index in [2.05, 4.69) is 52.1 Å². The van der Waals surface area contributed by atoms with Gasteiger partial charge >= 0.3 is 0 Å². The van der Waals surface area contributed by atoms with Crippen LogP contribution in [0.3, 0.4) is 0 Å². The van der Waals surface area contributed by atoms with Gasteiger partial charge in [-0.25, -0.2) is 0 Å². The number of anilines is 1. The molecule has 1 N–H and O–H groups in total. The standard InChI is InChI=1S/C22H18ClN3O/c1-15-6-8-16(9-7-15)13-26-14-20(18-4-2-3-5-21(18)26)25-22(27)19-12-17(23)10-11-24-19/h2-12,14H,13H2,1H3,(H,25,27). The Balaban J connectivity index is 1.67. The minimum Gasteiger partial charge on any atom is -0.341 e. The van der Waals surface area contributed by atoms with E-state index in [4.69, 9.17) is 11.6 Å². The van der Waals surface area contributed by atoms with Gasteiger partial charge in [-0.2, -0.15) is 0 Å². The van der Waals surface area contributed by atoms with Crippen LogP contribution in [0.4, 0.5) is 5.69 Å². The number of pyridine rings is 1. The van der Waals surface area contributed by atoms with Gasteiger partial charge < -0.3 is 9.88 Å². The number of amides is 1. The Labute approximate surface area is 162 Å². The van der Waals surface area contributed by atoms with Crippen LogP contribution in [0.2, 0.25) is 5.02 Å². The van der Waals surface area contributed by atoms with Crippen LogP contribution in [0.1, 0.15) is 21.6 Å². The molecule has 5 heteroatoms. The summed E-state index contributed by atoms with van der Waals surface area (Å²) in [6, 6.07) is 19.7. The second-order valence-corrected chi connectivity index (χ2v) is 6.92. The first-order chi connectivity index (χ1) is 13.1. The van der Waals surface area contributed by atoms with Crippen LogP contribution in [-0.2, 0) is 6.54 Å². The molecule has 4 nitrogen and oxygen atoms in total. The average Bonchev–Trinajstić information content (AvgIpc) is 3.01. The molecule has 27 heavy (non-hydrogen) atoms. The molecular weight excluding hydrogens is 358 g/mol. The number of nitrogens with one attached hydrogen (secondary N) is 1. The molecule has 1 amide bonds. The summed E-state index contributed by atoms with van der Waals surface area (Å²) in [6.07, 6.45) is 3.49. The van der Waals surface area contributed by atoms with Crippen molar-refractivity contribution in [3.63, 3.8) is 0 Å². The maximum absolute atomic E-state index is 12.6. The van der Waals surface area contributed by atoms with Crippen LogP contribution in [-0.4, -0.2) is 15.5 Å². The number of fused-ring (bicyclic) bond motifs is 1. The summed E-state index contributed by atoms with van der Waals surface area (Å²) < 4.78 is 2.14. The van der Waals surface area contributed by atoms with Crippen LogP contribution in [0, 0.1) is 6.92 Å². The van der Waals surface area contributed by atoms with Gasteiger partial charge in [-0.15, -0.1) is 0 Å². The minimum absolute atomic E-state index is 0.282. The predicted octanol–water partition coefficient (Wildman–Crippen LogP) is 5.30. The SMILES string of the molecule is Cc1ccc(Cn2cc(NC(=O)c3cc(Cl)ccn3)c3ccccc32)cc1. The predicted molar refractivity (Wildman–Crippen MR) is 109 cm³/mol. The van der Waals surface area contributed by atoms with Gasteiger partial charge in [-0.1, -0.05) is 59.6 Å². The summed E-state index contributed by atoms with van der Waals surface area (Å²) in [5.41, 5.74) is 4.55. The second kappa shape index (κ2) is 7.25. The van der Waals surface area contributed by atoms with Crippen LogP contribution in [0.25, 0.3) is 10.9 Å². The first-order valence-corrected chi connectivity index (χ1v) is 9.04. The highest BCUT2D eigenvalue weighted by atomic mass is 35.5. The maximum Gasteiger partial charge on any atom is 0.274 e. The fourth-order valence-electron chi connectivity index (χ4n) is 3.08. The maximum atomic E-state index is 12.6. The van der Waals surface area contributed by atoms with E-state index in [0.29, 0.717) is 5.02 Å². The molecular formula is C22H18ClN3O. The highest BCUT2D eigenvalue weighted by Gasteiger charge is 2.13. The van der Waals surface area contributed by atoms with Gasteiger partial charge in [-0.3, -0.25) is 9.78 Å². The average molecular weight is 376 g/mol. The summed E-state index contributed by atoms with van der Waals surface area (Å²) in [6.45, 7) is 2.80. The fourth-order valence-corrected chi connectivity index (χ4v) is 3.24. The minimum atomic E-state index is -0.282. The van der Waals surface area contributed by atoms with Crippen LogP contribution >= 0.6 is 11.6 Å². The molecule has 0 aliphatic rings. The van der Waals surface area contributed by atoms with Crippen molar-refractivity contribution in [1.29, 1.82) is 0 Å². The number of benzene rings is 2. The van der Waals surface area contributed by atoms with E-state index in [1.54, 1.807) is 12.1 Å². The molecule has 0 unspecified atom stereocenters. The molecule has 0 spiro atoms. The van der Waals surface area contributed by atoms with Crippen molar-refractivity contribution in [1.82, 2.24) is 9.55 Å².